The number of esters is 1. The van der Waals surface area contributed by atoms with Crippen LogP contribution in [0.15, 0.2) is 30.6 Å². The standard InChI is InChI=1S/C29H36Cl2F2N4O6S2/c1-35-6-8-36(9-7-35)11-13-45(39,40)37-10-12-44-27(37)28(38)42-25(15-21-22(30)16-34-17-23(21)31)20-4-5-24(43-29(32)33)26(14-20)41-18-19-2-3-19/h4-5,14,16-17,19,25,27,29H,2-3,6-13,15,18H2,1H3/t25-,27-/m0/s1. The van der Waals surface area contributed by atoms with Crippen molar-refractivity contribution < 1.29 is 36.2 Å². The normalized spacial score (nSPS) is 20.8. The van der Waals surface area contributed by atoms with E-state index in [1.165, 1.54) is 46.7 Å². The Morgan fingerprint density at radius 3 is 2.47 bits per heavy atom. The summed E-state index contributed by atoms with van der Waals surface area (Å²) < 4.78 is 70.9. The fourth-order valence-corrected chi connectivity index (χ4v) is 8.80. The Morgan fingerprint density at radius 2 is 1.80 bits per heavy atom. The van der Waals surface area contributed by atoms with Crippen LogP contribution in [0.3, 0.4) is 0 Å². The van der Waals surface area contributed by atoms with Gasteiger partial charge in [0.15, 0.2) is 16.9 Å². The topological polar surface area (TPSA) is 102 Å². The number of hydrogen-bond acceptors (Lipinski definition) is 10. The van der Waals surface area contributed by atoms with E-state index < -0.39 is 34.1 Å². The average molecular weight is 710 g/mol. The number of carbonyl (C=O) groups excluding carboxylic acids is 1. The molecule has 16 heteroatoms. The van der Waals surface area contributed by atoms with Crippen molar-refractivity contribution in [1.29, 1.82) is 0 Å². The number of pyridine rings is 1. The lowest BCUT2D eigenvalue weighted by molar-refractivity contribution is -0.150. The monoisotopic (exact) mass is 708 g/mol. The molecule has 0 unspecified atom stereocenters. The molecule has 3 fully saturated rings. The number of sulfonamides is 1. The molecule has 45 heavy (non-hydrogen) atoms. The summed E-state index contributed by atoms with van der Waals surface area (Å²) in [7, 11) is -1.74. The predicted molar refractivity (Wildman–Crippen MR) is 169 cm³/mol. The zero-order chi connectivity index (χ0) is 32.1. The van der Waals surface area contributed by atoms with Crippen LogP contribution in [0.25, 0.3) is 0 Å². The molecule has 0 radical (unpaired) electrons. The van der Waals surface area contributed by atoms with Crippen molar-refractivity contribution >= 4 is 51.0 Å². The number of piperazine rings is 1. The van der Waals surface area contributed by atoms with Crippen LogP contribution in [0.1, 0.15) is 30.1 Å². The molecule has 3 heterocycles. The number of thioether (sulfide) groups is 1. The van der Waals surface area contributed by atoms with Gasteiger partial charge in [-0.15, -0.1) is 11.8 Å². The Labute approximate surface area is 276 Å². The first-order valence-electron chi connectivity index (χ1n) is 14.7. The minimum atomic E-state index is -3.78. The second kappa shape index (κ2) is 15.3. The highest BCUT2D eigenvalue weighted by atomic mass is 35.5. The lowest BCUT2D eigenvalue weighted by atomic mass is 10.0. The van der Waals surface area contributed by atoms with Crippen LogP contribution in [0.5, 0.6) is 11.5 Å². The SMILES string of the molecule is CN1CCN(CCS(=O)(=O)N2CCS[C@H]2C(=O)O[C@@H](Cc2c(Cl)cncc2Cl)c2ccc(OC(F)F)c(OCC3CC3)c2)CC1. The number of carbonyl (C=O) groups is 1. The molecule has 0 N–H and O–H groups in total. The molecule has 1 saturated carbocycles. The summed E-state index contributed by atoms with van der Waals surface area (Å²) in [5, 5.41) is -0.593. The van der Waals surface area contributed by atoms with Crippen molar-refractivity contribution in [3.63, 3.8) is 0 Å². The molecular formula is C29H36Cl2F2N4O6S2. The quantitative estimate of drug-likeness (QED) is 0.260. The van der Waals surface area contributed by atoms with E-state index in [0.717, 1.165) is 39.0 Å². The van der Waals surface area contributed by atoms with E-state index in [2.05, 4.69) is 19.5 Å². The van der Waals surface area contributed by atoms with Crippen LogP contribution in [0.2, 0.25) is 10.0 Å². The van der Waals surface area contributed by atoms with Crippen molar-refractivity contribution in [3.8, 4) is 11.5 Å². The van der Waals surface area contributed by atoms with Crippen molar-refractivity contribution in [1.82, 2.24) is 19.1 Å². The van der Waals surface area contributed by atoms with E-state index in [-0.39, 0.29) is 40.3 Å². The third-order valence-electron chi connectivity index (χ3n) is 8.00. The van der Waals surface area contributed by atoms with Gasteiger partial charge >= 0.3 is 12.6 Å². The number of likely N-dealkylation sites (N-methyl/N-ethyl adjacent to an activating group) is 1. The predicted octanol–water partition coefficient (Wildman–Crippen LogP) is 4.56. The minimum absolute atomic E-state index is 0.0105. The second-order valence-corrected chi connectivity index (χ2v) is 15.4. The minimum Gasteiger partial charge on any atom is -0.489 e. The van der Waals surface area contributed by atoms with Gasteiger partial charge < -0.3 is 19.1 Å². The highest BCUT2D eigenvalue weighted by molar-refractivity contribution is 8.02. The van der Waals surface area contributed by atoms with E-state index >= 15 is 0 Å². The third-order valence-corrected chi connectivity index (χ3v) is 11.8. The number of ether oxygens (including phenoxy) is 3. The van der Waals surface area contributed by atoms with Gasteiger partial charge in [-0.05, 0) is 49.1 Å². The zero-order valence-electron chi connectivity index (χ0n) is 24.7. The van der Waals surface area contributed by atoms with Crippen LogP contribution in [0, 0.1) is 5.92 Å². The second-order valence-electron chi connectivity index (χ2n) is 11.3. The third kappa shape index (κ3) is 9.33. The number of benzene rings is 1. The molecule has 5 rings (SSSR count). The van der Waals surface area contributed by atoms with E-state index in [9.17, 15) is 22.0 Å². The summed E-state index contributed by atoms with van der Waals surface area (Å²) in [4.78, 5) is 22.0. The van der Waals surface area contributed by atoms with Gasteiger partial charge in [-0.3, -0.25) is 9.88 Å². The summed E-state index contributed by atoms with van der Waals surface area (Å²) in [5.41, 5.74) is 0.863. The number of aromatic nitrogens is 1. The van der Waals surface area contributed by atoms with Crippen molar-refractivity contribution in [2.24, 2.45) is 5.92 Å². The molecule has 0 spiro atoms. The Bertz CT molecular complexity index is 1430. The largest absolute Gasteiger partial charge is 0.489 e. The summed E-state index contributed by atoms with van der Waals surface area (Å²) in [6, 6.07) is 4.32. The first-order valence-corrected chi connectivity index (χ1v) is 18.1. The van der Waals surface area contributed by atoms with Gasteiger partial charge in [-0.1, -0.05) is 29.3 Å². The fourth-order valence-electron chi connectivity index (χ4n) is 5.13. The molecule has 2 aromatic rings. The van der Waals surface area contributed by atoms with Crippen LogP contribution in [-0.4, -0.2) is 110 Å². The van der Waals surface area contributed by atoms with Crippen LogP contribution < -0.4 is 9.47 Å². The Morgan fingerprint density at radius 1 is 1.09 bits per heavy atom. The summed E-state index contributed by atoms with van der Waals surface area (Å²) in [6.07, 6.45) is 3.78. The van der Waals surface area contributed by atoms with Crippen LogP contribution >= 0.6 is 35.0 Å². The van der Waals surface area contributed by atoms with Crippen molar-refractivity contribution in [2.75, 3.05) is 64.4 Å². The van der Waals surface area contributed by atoms with Gasteiger partial charge in [-0.2, -0.15) is 13.1 Å². The number of hydrogen-bond donors (Lipinski definition) is 0. The molecule has 248 valence electrons. The van der Waals surface area contributed by atoms with Gasteiger partial charge in [-0.25, -0.2) is 13.2 Å². The van der Waals surface area contributed by atoms with Gasteiger partial charge in [0.25, 0.3) is 0 Å². The van der Waals surface area contributed by atoms with Crippen molar-refractivity contribution in [3.05, 3.63) is 51.8 Å². The van der Waals surface area contributed by atoms with Crippen molar-refractivity contribution in [2.45, 2.75) is 37.4 Å². The highest BCUT2D eigenvalue weighted by Gasteiger charge is 2.41. The maximum atomic E-state index is 13.7. The molecule has 10 nitrogen and oxygen atoms in total. The van der Waals surface area contributed by atoms with Gasteiger partial charge in [0, 0.05) is 63.8 Å². The number of rotatable bonds is 14. The van der Waals surface area contributed by atoms with E-state index in [4.69, 9.17) is 32.7 Å². The van der Waals surface area contributed by atoms with Gasteiger partial charge in [0.2, 0.25) is 10.0 Å². The van der Waals surface area contributed by atoms with Crippen LogP contribution in [0.4, 0.5) is 8.78 Å². The average Bonchev–Trinajstić information content (AvgIpc) is 3.69. The van der Waals surface area contributed by atoms with E-state index in [1.807, 2.05) is 7.05 Å². The molecule has 1 aromatic carbocycles. The molecule has 0 amide bonds. The zero-order valence-corrected chi connectivity index (χ0v) is 27.9. The molecule has 2 atom stereocenters. The Balaban J connectivity index is 1.37. The van der Waals surface area contributed by atoms with Gasteiger partial charge in [0.1, 0.15) is 6.10 Å². The fraction of sp³-hybridized carbons (Fsp3) is 0.586. The molecule has 1 aromatic heterocycles. The lowest BCUT2D eigenvalue weighted by Gasteiger charge is -2.32. The lowest BCUT2D eigenvalue weighted by Crippen LogP contribution is -2.48. The first-order chi connectivity index (χ1) is 21.5. The number of nitrogens with zero attached hydrogens (tertiary/aromatic N) is 4. The van der Waals surface area contributed by atoms with Gasteiger partial charge in [0.05, 0.1) is 22.4 Å². The van der Waals surface area contributed by atoms with Crippen LogP contribution in [-0.2, 0) is 26.0 Å². The maximum absolute atomic E-state index is 13.7. The highest BCUT2D eigenvalue weighted by Crippen LogP contribution is 2.39. The van der Waals surface area contributed by atoms with E-state index in [0.29, 0.717) is 35.9 Å². The number of alkyl halides is 2. The summed E-state index contributed by atoms with van der Waals surface area (Å²) in [6.45, 7) is 1.11. The summed E-state index contributed by atoms with van der Waals surface area (Å²) >= 11 is 14.0. The molecule has 2 aliphatic heterocycles. The summed E-state index contributed by atoms with van der Waals surface area (Å²) in [5.74, 6) is -0.168. The smallest absolute Gasteiger partial charge is 0.387 e. The Hall–Kier alpha value is -1.94. The molecule has 2 saturated heterocycles. The molecule has 1 aliphatic carbocycles. The van der Waals surface area contributed by atoms with E-state index in [1.54, 1.807) is 0 Å². The maximum Gasteiger partial charge on any atom is 0.387 e. The Kier molecular flexibility index (Phi) is 11.7. The number of halogens is 4. The molecule has 0 bridgehead atoms. The molecule has 3 aliphatic rings. The molecular weight excluding hydrogens is 673 g/mol. The first kappa shape index (κ1) is 34.4.